The van der Waals surface area contributed by atoms with Crippen LogP contribution in [0, 0.1) is 5.92 Å². The monoisotopic (exact) mass is 245 g/mol. The molecule has 0 aromatic heterocycles. The summed E-state index contributed by atoms with van der Waals surface area (Å²) in [6.45, 7) is 5.29. The van der Waals surface area contributed by atoms with Crippen molar-refractivity contribution in [2.75, 3.05) is 36.5 Å². The molecule has 2 N–H and O–H groups in total. The van der Waals surface area contributed by atoms with Gasteiger partial charge < -0.3 is 15.5 Å². The summed E-state index contributed by atoms with van der Waals surface area (Å²) in [4.78, 5) is 4.92. The fourth-order valence-corrected chi connectivity index (χ4v) is 3.73. The first-order valence-electron chi connectivity index (χ1n) is 6.94. The molecular formula is C15H23N3. The third-order valence-electron chi connectivity index (χ3n) is 4.65. The maximum Gasteiger partial charge on any atom is 0.0609 e. The molecule has 3 rings (SSSR count). The van der Waals surface area contributed by atoms with Crippen LogP contribution in [0.25, 0.3) is 0 Å². The molecule has 1 aliphatic carbocycles. The first-order chi connectivity index (χ1) is 8.66. The van der Waals surface area contributed by atoms with Gasteiger partial charge in [-0.25, -0.2) is 0 Å². The summed E-state index contributed by atoms with van der Waals surface area (Å²) in [5, 5.41) is 0. The minimum atomic E-state index is 0.219. The third kappa shape index (κ3) is 1.61. The Hall–Kier alpha value is -1.22. The van der Waals surface area contributed by atoms with E-state index in [1.165, 1.54) is 24.2 Å². The lowest BCUT2D eigenvalue weighted by atomic mass is 9.67. The fourth-order valence-electron chi connectivity index (χ4n) is 3.73. The molecule has 1 fully saturated rings. The zero-order valence-electron chi connectivity index (χ0n) is 11.4. The lowest BCUT2D eigenvalue weighted by Gasteiger charge is -2.56. The van der Waals surface area contributed by atoms with Gasteiger partial charge in [0.15, 0.2) is 0 Å². The van der Waals surface area contributed by atoms with Gasteiger partial charge in [-0.15, -0.1) is 0 Å². The molecule has 1 aliphatic heterocycles. The van der Waals surface area contributed by atoms with Crippen LogP contribution in [0.5, 0.6) is 0 Å². The molecule has 0 unspecified atom stereocenters. The van der Waals surface area contributed by atoms with Gasteiger partial charge in [0.25, 0.3) is 0 Å². The number of likely N-dealkylation sites (N-methyl/N-ethyl adjacent to an activating group) is 1. The van der Waals surface area contributed by atoms with E-state index in [1.807, 2.05) is 0 Å². The second-order valence-electron chi connectivity index (χ2n) is 6.00. The van der Waals surface area contributed by atoms with Crippen molar-refractivity contribution < 1.29 is 0 Å². The summed E-state index contributed by atoms with van der Waals surface area (Å²) >= 11 is 0. The van der Waals surface area contributed by atoms with E-state index in [0.29, 0.717) is 0 Å². The van der Waals surface area contributed by atoms with E-state index < -0.39 is 0 Å². The third-order valence-corrected chi connectivity index (χ3v) is 4.65. The standard InChI is InChI=1S/C15H23N3/c1-12-9-15(10-12,11-16)18-8-7-17(2)13-5-3-4-6-14(13)18/h3-6,12H,7-11,16H2,1-2H3. The van der Waals surface area contributed by atoms with Crippen molar-refractivity contribution >= 4 is 11.4 Å². The van der Waals surface area contributed by atoms with Crippen molar-refractivity contribution in [1.29, 1.82) is 0 Å². The molecule has 0 amide bonds. The Kier molecular flexibility index (Phi) is 2.74. The Balaban J connectivity index is 1.97. The highest BCUT2D eigenvalue weighted by atomic mass is 15.3. The number of benzene rings is 1. The fraction of sp³-hybridized carbons (Fsp3) is 0.600. The van der Waals surface area contributed by atoms with Gasteiger partial charge in [0.05, 0.1) is 16.9 Å². The smallest absolute Gasteiger partial charge is 0.0609 e. The van der Waals surface area contributed by atoms with Gasteiger partial charge in [-0.2, -0.15) is 0 Å². The molecule has 3 nitrogen and oxygen atoms in total. The molecule has 1 aromatic carbocycles. The van der Waals surface area contributed by atoms with E-state index >= 15 is 0 Å². The van der Waals surface area contributed by atoms with Crippen molar-refractivity contribution in [1.82, 2.24) is 0 Å². The highest BCUT2D eigenvalue weighted by Gasteiger charge is 2.47. The first-order valence-corrected chi connectivity index (χ1v) is 6.94. The Bertz CT molecular complexity index is 437. The maximum absolute atomic E-state index is 6.10. The van der Waals surface area contributed by atoms with Gasteiger partial charge in [0.2, 0.25) is 0 Å². The van der Waals surface area contributed by atoms with Crippen LogP contribution in [-0.4, -0.2) is 32.2 Å². The number of nitrogens with zero attached hydrogens (tertiary/aromatic N) is 2. The average molecular weight is 245 g/mol. The number of para-hydroxylation sites is 2. The van der Waals surface area contributed by atoms with E-state index in [-0.39, 0.29) is 5.54 Å². The number of rotatable bonds is 2. The highest BCUT2D eigenvalue weighted by molar-refractivity contribution is 5.74. The lowest BCUT2D eigenvalue weighted by Crippen LogP contribution is -2.64. The molecule has 98 valence electrons. The molecular weight excluding hydrogens is 222 g/mol. The zero-order chi connectivity index (χ0) is 12.8. The molecule has 0 radical (unpaired) electrons. The predicted molar refractivity (Wildman–Crippen MR) is 77.2 cm³/mol. The van der Waals surface area contributed by atoms with Crippen LogP contribution in [-0.2, 0) is 0 Å². The number of hydrogen-bond acceptors (Lipinski definition) is 3. The van der Waals surface area contributed by atoms with Crippen molar-refractivity contribution in [3.8, 4) is 0 Å². The van der Waals surface area contributed by atoms with Gasteiger partial charge in [-0.05, 0) is 30.9 Å². The van der Waals surface area contributed by atoms with E-state index in [0.717, 1.165) is 25.6 Å². The molecule has 2 aliphatic rings. The largest absolute Gasteiger partial charge is 0.371 e. The minimum absolute atomic E-state index is 0.219. The molecule has 0 bridgehead atoms. The second kappa shape index (κ2) is 4.16. The van der Waals surface area contributed by atoms with Gasteiger partial charge in [-0.1, -0.05) is 19.1 Å². The van der Waals surface area contributed by atoms with E-state index in [1.54, 1.807) is 0 Å². The van der Waals surface area contributed by atoms with Crippen LogP contribution in [0.15, 0.2) is 24.3 Å². The average Bonchev–Trinajstić information content (AvgIpc) is 2.36. The van der Waals surface area contributed by atoms with Gasteiger partial charge in [0.1, 0.15) is 0 Å². The maximum atomic E-state index is 6.10. The molecule has 18 heavy (non-hydrogen) atoms. The Labute approximate surface area is 110 Å². The van der Waals surface area contributed by atoms with Crippen molar-refractivity contribution in [3.63, 3.8) is 0 Å². The minimum Gasteiger partial charge on any atom is -0.371 e. The first kappa shape index (κ1) is 11.8. The van der Waals surface area contributed by atoms with Gasteiger partial charge >= 0.3 is 0 Å². The molecule has 3 heteroatoms. The summed E-state index contributed by atoms with van der Waals surface area (Å²) in [6, 6.07) is 8.72. The summed E-state index contributed by atoms with van der Waals surface area (Å²) in [5.74, 6) is 0.820. The predicted octanol–water partition coefficient (Wildman–Crippen LogP) is 2.07. The molecule has 1 saturated carbocycles. The number of nitrogens with two attached hydrogens (primary N) is 1. The van der Waals surface area contributed by atoms with Crippen LogP contribution in [0.4, 0.5) is 11.4 Å². The summed E-state index contributed by atoms with van der Waals surface area (Å²) < 4.78 is 0. The van der Waals surface area contributed by atoms with Crippen LogP contribution < -0.4 is 15.5 Å². The van der Waals surface area contributed by atoms with Crippen LogP contribution >= 0.6 is 0 Å². The lowest BCUT2D eigenvalue weighted by molar-refractivity contribution is 0.156. The normalized spacial score (nSPS) is 30.9. The van der Waals surface area contributed by atoms with Crippen molar-refractivity contribution in [2.45, 2.75) is 25.3 Å². The summed E-state index contributed by atoms with van der Waals surface area (Å²) in [7, 11) is 2.18. The highest BCUT2D eigenvalue weighted by Crippen LogP contribution is 2.46. The Morgan fingerprint density at radius 2 is 1.89 bits per heavy atom. The van der Waals surface area contributed by atoms with Crippen molar-refractivity contribution in [3.05, 3.63) is 24.3 Å². The van der Waals surface area contributed by atoms with Gasteiger partial charge in [0, 0.05) is 26.7 Å². The number of hydrogen-bond donors (Lipinski definition) is 1. The molecule has 0 atom stereocenters. The zero-order valence-corrected chi connectivity index (χ0v) is 11.4. The van der Waals surface area contributed by atoms with E-state index in [4.69, 9.17) is 5.73 Å². The quantitative estimate of drug-likeness (QED) is 0.866. The molecule has 1 aromatic rings. The van der Waals surface area contributed by atoms with Crippen LogP contribution in [0.3, 0.4) is 0 Å². The molecule has 0 saturated heterocycles. The Morgan fingerprint density at radius 1 is 1.22 bits per heavy atom. The number of fused-ring (bicyclic) bond motifs is 1. The van der Waals surface area contributed by atoms with E-state index in [2.05, 4.69) is 48.0 Å². The molecule has 0 spiro atoms. The van der Waals surface area contributed by atoms with Gasteiger partial charge in [-0.3, -0.25) is 0 Å². The molecule has 1 heterocycles. The van der Waals surface area contributed by atoms with Crippen LogP contribution in [0.2, 0.25) is 0 Å². The summed E-state index contributed by atoms with van der Waals surface area (Å²) in [5.41, 5.74) is 9.03. The SMILES string of the molecule is CC1CC(CN)(N2CCN(C)c3ccccc32)C1. The van der Waals surface area contributed by atoms with Crippen LogP contribution in [0.1, 0.15) is 19.8 Å². The van der Waals surface area contributed by atoms with E-state index in [9.17, 15) is 0 Å². The topological polar surface area (TPSA) is 32.5 Å². The van der Waals surface area contributed by atoms with Crippen molar-refractivity contribution in [2.24, 2.45) is 11.7 Å². The second-order valence-corrected chi connectivity index (χ2v) is 6.00. The Morgan fingerprint density at radius 3 is 2.50 bits per heavy atom. The number of anilines is 2. The summed E-state index contributed by atoms with van der Waals surface area (Å²) in [6.07, 6.45) is 2.48.